The Morgan fingerprint density at radius 2 is 1.58 bits per heavy atom. The third-order valence-corrected chi connectivity index (χ3v) is 2.17. The average Bonchev–Trinajstić information content (AvgIpc) is 1.99. The average molecular weight is 171 g/mol. The van der Waals surface area contributed by atoms with Gasteiger partial charge in [-0.1, -0.05) is 0 Å². The van der Waals surface area contributed by atoms with E-state index in [0.717, 1.165) is 13.3 Å². The summed E-state index contributed by atoms with van der Waals surface area (Å²) in [6.07, 6.45) is 0. The fourth-order valence-electron chi connectivity index (χ4n) is 1.33. The van der Waals surface area contributed by atoms with E-state index in [-0.39, 0.29) is 6.03 Å². The summed E-state index contributed by atoms with van der Waals surface area (Å²) in [4.78, 5) is 17.0. The molecule has 1 aliphatic rings. The summed E-state index contributed by atoms with van der Waals surface area (Å²) in [5, 5.41) is 0. The molecule has 0 bridgehead atoms. The van der Waals surface area contributed by atoms with Crippen molar-refractivity contribution in [3.05, 3.63) is 0 Å². The molecule has 0 spiro atoms. The number of nitrogens with zero attached hydrogens (tertiary/aromatic N) is 3. The lowest BCUT2D eigenvalue weighted by molar-refractivity contribution is 0.0370. The second kappa shape index (κ2) is 3.31. The van der Waals surface area contributed by atoms with Crippen LogP contribution in [-0.4, -0.2) is 54.2 Å². The van der Waals surface area contributed by atoms with Gasteiger partial charge in [0.25, 0.3) is 0 Å². The van der Waals surface area contributed by atoms with Crippen LogP contribution in [0.5, 0.6) is 0 Å². The first-order chi connectivity index (χ1) is 5.52. The molecule has 1 saturated heterocycles. The van der Waals surface area contributed by atoms with Gasteiger partial charge >= 0.3 is 6.03 Å². The lowest BCUT2D eigenvalue weighted by Crippen LogP contribution is -2.56. The summed E-state index contributed by atoms with van der Waals surface area (Å²) in [5.74, 6) is 0. The van der Waals surface area contributed by atoms with Crippen molar-refractivity contribution in [2.24, 2.45) is 0 Å². The summed E-state index contributed by atoms with van der Waals surface area (Å²) < 4.78 is 0. The van der Waals surface area contributed by atoms with E-state index < -0.39 is 0 Å². The minimum Gasteiger partial charge on any atom is -0.315 e. The molecule has 70 valence electrons. The summed E-state index contributed by atoms with van der Waals surface area (Å²) in [7, 11) is 3.65. The largest absolute Gasteiger partial charge is 0.321 e. The van der Waals surface area contributed by atoms with Gasteiger partial charge in [-0.05, 0) is 13.8 Å². The Morgan fingerprint density at radius 3 is 1.92 bits per heavy atom. The van der Waals surface area contributed by atoms with Crippen LogP contribution in [0.25, 0.3) is 0 Å². The minimum atomic E-state index is 0.104. The molecule has 12 heavy (non-hydrogen) atoms. The van der Waals surface area contributed by atoms with Gasteiger partial charge in [0.05, 0.1) is 13.3 Å². The first-order valence-corrected chi connectivity index (χ1v) is 4.22. The van der Waals surface area contributed by atoms with Crippen molar-refractivity contribution < 1.29 is 4.79 Å². The maximum atomic E-state index is 11.3. The lowest BCUT2D eigenvalue weighted by atomic mass is 10.3. The number of urea groups is 1. The molecular formula is C8H17N3O. The molecule has 0 aromatic rings. The van der Waals surface area contributed by atoms with E-state index in [9.17, 15) is 4.79 Å². The third-order valence-electron chi connectivity index (χ3n) is 2.17. The Morgan fingerprint density at radius 1 is 1.17 bits per heavy atom. The van der Waals surface area contributed by atoms with E-state index >= 15 is 0 Å². The van der Waals surface area contributed by atoms with Gasteiger partial charge in [-0.2, -0.15) is 0 Å². The highest BCUT2D eigenvalue weighted by Crippen LogP contribution is 2.08. The van der Waals surface area contributed by atoms with Crippen molar-refractivity contribution in [1.29, 1.82) is 0 Å². The Bertz CT molecular complexity index is 167. The van der Waals surface area contributed by atoms with E-state index in [1.54, 1.807) is 9.80 Å². The Hall–Kier alpha value is -0.770. The standard InChI is InChI=1S/C8H17N3O/c1-7(2)11-5-9(3)8(12)10(4)6-11/h7H,5-6H2,1-4H3. The Balaban J connectivity index is 2.59. The van der Waals surface area contributed by atoms with Crippen LogP contribution in [0.3, 0.4) is 0 Å². The van der Waals surface area contributed by atoms with Crippen LogP contribution in [0.1, 0.15) is 13.8 Å². The molecule has 1 aliphatic heterocycles. The van der Waals surface area contributed by atoms with Crippen LogP contribution in [-0.2, 0) is 0 Å². The second-order valence-electron chi connectivity index (χ2n) is 3.64. The molecule has 2 amide bonds. The molecule has 1 rings (SSSR count). The Kier molecular flexibility index (Phi) is 2.57. The summed E-state index contributed by atoms with van der Waals surface area (Å²) in [6, 6.07) is 0.593. The van der Waals surface area contributed by atoms with Crippen molar-refractivity contribution in [1.82, 2.24) is 14.7 Å². The highest BCUT2D eigenvalue weighted by molar-refractivity contribution is 5.74. The fourth-order valence-corrected chi connectivity index (χ4v) is 1.33. The first kappa shape index (κ1) is 9.32. The molecular weight excluding hydrogens is 154 g/mol. The predicted molar refractivity (Wildman–Crippen MR) is 47.6 cm³/mol. The van der Waals surface area contributed by atoms with Crippen LogP contribution < -0.4 is 0 Å². The monoisotopic (exact) mass is 171 g/mol. The molecule has 1 fully saturated rings. The number of hydrogen-bond donors (Lipinski definition) is 0. The van der Waals surface area contributed by atoms with Gasteiger partial charge in [0.15, 0.2) is 0 Å². The SMILES string of the molecule is CC(C)N1CN(C)C(=O)N(C)C1. The van der Waals surface area contributed by atoms with Gasteiger partial charge in [0.2, 0.25) is 0 Å². The van der Waals surface area contributed by atoms with Gasteiger partial charge in [0.1, 0.15) is 0 Å². The van der Waals surface area contributed by atoms with E-state index in [4.69, 9.17) is 0 Å². The third kappa shape index (κ3) is 1.69. The van der Waals surface area contributed by atoms with E-state index in [0.29, 0.717) is 6.04 Å². The zero-order valence-corrected chi connectivity index (χ0v) is 8.24. The van der Waals surface area contributed by atoms with Crippen LogP contribution in [0, 0.1) is 0 Å². The Labute approximate surface area is 73.7 Å². The molecule has 1 heterocycles. The van der Waals surface area contributed by atoms with Crippen LogP contribution in [0.2, 0.25) is 0 Å². The summed E-state index contributed by atoms with van der Waals surface area (Å²) in [6.45, 7) is 5.75. The fraction of sp³-hybridized carbons (Fsp3) is 0.875. The van der Waals surface area contributed by atoms with E-state index in [1.165, 1.54) is 0 Å². The summed E-state index contributed by atoms with van der Waals surface area (Å²) in [5.41, 5.74) is 0. The number of hydrogen-bond acceptors (Lipinski definition) is 2. The van der Waals surface area contributed by atoms with Gasteiger partial charge in [0, 0.05) is 20.1 Å². The predicted octanol–water partition coefficient (Wildman–Crippen LogP) is 0.609. The van der Waals surface area contributed by atoms with Crippen molar-refractivity contribution in [3.63, 3.8) is 0 Å². The molecule has 0 aromatic carbocycles. The molecule has 0 atom stereocenters. The van der Waals surface area contributed by atoms with E-state index in [1.807, 2.05) is 14.1 Å². The van der Waals surface area contributed by atoms with Crippen molar-refractivity contribution in [2.45, 2.75) is 19.9 Å². The molecule has 0 aromatic heterocycles. The highest BCUT2D eigenvalue weighted by atomic mass is 16.2. The maximum Gasteiger partial charge on any atom is 0.321 e. The topological polar surface area (TPSA) is 26.8 Å². The molecule has 4 heteroatoms. The molecule has 0 aliphatic carbocycles. The van der Waals surface area contributed by atoms with Gasteiger partial charge in [-0.3, -0.25) is 4.90 Å². The quantitative estimate of drug-likeness (QED) is 0.578. The maximum absolute atomic E-state index is 11.3. The minimum absolute atomic E-state index is 0.104. The first-order valence-electron chi connectivity index (χ1n) is 4.22. The van der Waals surface area contributed by atoms with Crippen LogP contribution in [0.15, 0.2) is 0 Å². The highest BCUT2D eigenvalue weighted by Gasteiger charge is 2.25. The van der Waals surface area contributed by atoms with Crippen molar-refractivity contribution >= 4 is 6.03 Å². The van der Waals surface area contributed by atoms with Crippen molar-refractivity contribution in [2.75, 3.05) is 27.4 Å². The molecule has 0 saturated carbocycles. The number of carbonyl (C=O) groups is 1. The lowest BCUT2D eigenvalue weighted by Gasteiger charge is -2.40. The molecule has 0 N–H and O–H groups in total. The van der Waals surface area contributed by atoms with Crippen LogP contribution in [0.4, 0.5) is 4.79 Å². The van der Waals surface area contributed by atoms with Gasteiger partial charge in [-0.15, -0.1) is 0 Å². The number of amides is 2. The number of carbonyl (C=O) groups excluding carboxylic acids is 1. The smallest absolute Gasteiger partial charge is 0.315 e. The van der Waals surface area contributed by atoms with E-state index in [2.05, 4.69) is 18.7 Å². The molecule has 4 nitrogen and oxygen atoms in total. The van der Waals surface area contributed by atoms with Gasteiger partial charge < -0.3 is 9.80 Å². The van der Waals surface area contributed by atoms with Crippen molar-refractivity contribution in [3.8, 4) is 0 Å². The molecule has 0 radical (unpaired) electrons. The zero-order chi connectivity index (χ0) is 9.30. The zero-order valence-electron chi connectivity index (χ0n) is 8.24. The summed E-state index contributed by atoms with van der Waals surface area (Å²) >= 11 is 0. The normalized spacial score (nSPS) is 20.9. The number of rotatable bonds is 1. The molecule has 0 unspecified atom stereocenters. The van der Waals surface area contributed by atoms with Crippen LogP contribution >= 0.6 is 0 Å². The van der Waals surface area contributed by atoms with Gasteiger partial charge in [-0.25, -0.2) is 4.79 Å². The second-order valence-corrected chi connectivity index (χ2v) is 3.64.